The fourth-order valence-electron chi connectivity index (χ4n) is 2.86. The van der Waals surface area contributed by atoms with Crippen LogP contribution in [-0.2, 0) is 4.79 Å². The van der Waals surface area contributed by atoms with Crippen molar-refractivity contribution in [3.63, 3.8) is 0 Å². The van der Waals surface area contributed by atoms with Gasteiger partial charge in [-0.2, -0.15) is 0 Å². The summed E-state index contributed by atoms with van der Waals surface area (Å²) in [5.74, 6) is 0.199. The second-order valence-electron chi connectivity index (χ2n) is 5.59. The average Bonchev–Trinajstić information content (AvgIpc) is 2.43. The van der Waals surface area contributed by atoms with Crippen LogP contribution in [0.4, 0.5) is 0 Å². The summed E-state index contributed by atoms with van der Waals surface area (Å²) in [7, 11) is 1.99. The third kappa shape index (κ3) is 5.91. The number of likely N-dealkylation sites (tertiary alicyclic amines) is 1. The molecule has 1 atom stereocenters. The highest BCUT2D eigenvalue weighted by Gasteiger charge is 2.24. The van der Waals surface area contributed by atoms with E-state index in [0.717, 1.165) is 32.4 Å². The predicted molar refractivity (Wildman–Crippen MR) is 80.3 cm³/mol. The zero-order valence-corrected chi connectivity index (χ0v) is 12.9. The number of nitrogens with zero attached hydrogens (tertiary/aromatic N) is 1. The molecule has 19 heavy (non-hydrogen) atoms. The Morgan fingerprint density at radius 2 is 2.05 bits per heavy atom. The molecule has 0 aromatic carbocycles. The van der Waals surface area contributed by atoms with Crippen molar-refractivity contribution in [3.05, 3.63) is 0 Å². The molecule has 1 fully saturated rings. The number of piperidine rings is 1. The van der Waals surface area contributed by atoms with Crippen molar-refractivity contribution in [1.82, 2.24) is 15.5 Å². The van der Waals surface area contributed by atoms with E-state index in [9.17, 15) is 4.79 Å². The molecule has 1 amide bonds. The summed E-state index contributed by atoms with van der Waals surface area (Å²) in [6.07, 6.45) is 6.96. The van der Waals surface area contributed by atoms with Crippen LogP contribution in [0.5, 0.6) is 0 Å². The second kappa shape index (κ2) is 9.32. The number of hydrogen-bond donors (Lipinski definition) is 2. The fraction of sp³-hybridized carbons (Fsp3) is 0.933. The molecule has 2 N–H and O–H groups in total. The van der Waals surface area contributed by atoms with Crippen LogP contribution in [0.15, 0.2) is 0 Å². The van der Waals surface area contributed by atoms with Crippen LogP contribution in [0.1, 0.15) is 52.4 Å². The molecule has 1 rings (SSSR count). The number of carbonyl (C=O) groups is 1. The van der Waals surface area contributed by atoms with Gasteiger partial charge in [-0.3, -0.25) is 9.69 Å². The van der Waals surface area contributed by atoms with E-state index in [4.69, 9.17) is 0 Å². The van der Waals surface area contributed by atoms with E-state index in [1.54, 1.807) is 0 Å². The van der Waals surface area contributed by atoms with Gasteiger partial charge in [0.1, 0.15) is 0 Å². The first-order valence-electron chi connectivity index (χ1n) is 7.89. The van der Waals surface area contributed by atoms with Gasteiger partial charge in [0.15, 0.2) is 0 Å². The van der Waals surface area contributed by atoms with Gasteiger partial charge in [-0.1, -0.05) is 20.3 Å². The summed E-state index contributed by atoms with van der Waals surface area (Å²) in [5.41, 5.74) is 0. The Bertz CT molecular complexity index is 254. The lowest BCUT2D eigenvalue weighted by Gasteiger charge is -2.35. The maximum atomic E-state index is 12.1. The van der Waals surface area contributed by atoms with E-state index in [2.05, 4.69) is 29.4 Å². The van der Waals surface area contributed by atoms with Crippen molar-refractivity contribution in [1.29, 1.82) is 0 Å². The standard InChI is InChI=1S/C15H31N3O/c1-4-13(5-2)17-15(19)12-18-11-7-6-8-14(18)9-10-16-3/h13-14,16H,4-12H2,1-3H3,(H,17,19). The number of carbonyl (C=O) groups excluding carboxylic acids is 1. The van der Waals surface area contributed by atoms with Gasteiger partial charge in [0.2, 0.25) is 5.91 Å². The average molecular weight is 269 g/mol. The molecule has 1 aliphatic rings. The third-order valence-electron chi connectivity index (χ3n) is 4.17. The lowest BCUT2D eigenvalue weighted by atomic mass is 9.99. The summed E-state index contributed by atoms with van der Waals surface area (Å²) in [6, 6.07) is 0.918. The molecule has 0 aliphatic carbocycles. The summed E-state index contributed by atoms with van der Waals surface area (Å²) in [4.78, 5) is 14.5. The molecule has 0 radical (unpaired) electrons. The summed E-state index contributed by atoms with van der Waals surface area (Å²) in [5, 5.41) is 6.36. The fourth-order valence-corrected chi connectivity index (χ4v) is 2.86. The molecule has 1 aliphatic heterocycles. The molecule has 0 aromatic rings. The first-order chi connectivity index (χ1) is 9.21. The van der Waals surface area contributed by atoms with Gasteiger partial charge < -0.3 is 10.6 Å². The molecule has 112 valence electrons. The SMILES string of the molecule is CCC(CC)NC(=O)CN1CCCCC1CCNC. The van der Waals surface area contributed by atoms with Gasteiger partial charge in [-0.25, -0.2) is 0 Å². The monoisotopic (exact) mass is 269 g/mol. The molecule has 4 nitrogen and oxygen atoms in total. The molecule has 0 aromatic heterocycles. The normalized spacial score (nSPS) is 20.7. The molecule has 1 saturated heterocycles. The minimum atomic E-state index is 0.199. The zero-order chi connectivity index (χ0) is 14.1. The highest BCUT2D eigenvalue weighted by molar-refractivity contribution is 5.78. The Hall–Kier alpha value is -0.610. The van der Waals surface area contributed by atoms with Crippen molar-refractivity contribution in [3.8, 4) is 0 Å². The van der Waals surface area contributed by atoms with E-state index in [1.807, 2.05) is 7.05 Å². The van der Waals surface area contributed by atoms with Crippen LogP contribution in [0.3, 0.4) is 0 Å². The first-order valence-corrected chi connectivity index (χ1v) is 7.89. The molecule has 0 saturated carbocycles. The first kappa shape index (κ1) is 16.4. The van der Waals surface area contributed by atoms with E-state index in [1.165, 1.54) is 19.3 Å². The van der Waals surface area contributed by atoms with E-state index >= 15 is 0 Å². The maximum absolute atomic E-state index is 12.1. The Morgan fingerprint density at radius 1 is 1.32 bits per heavy atom. The van der Waals surface area contributed by atoms with Gasteiger partial charge in [-0.15, -0.1) is 0 Å². The van der Waals surface area contributed by atoms with Crippen LogP contribution in [-0.4, -0.2) is 49.6 Å². The molecule has 0 spiro atoms. The Balaban J connectivity index is 2.40. The number of hydrogen-bond acceptors (Lipinski definition) is 3. The van der Waals surface area contributed by atoms with Crippen LogP contribution < -0.4 is 10.6 Å². The lowest BCUT2D eigenvalue weighted by molar-refractivity contribution is -0.124. The maximum Gasteiger partial charge on any atom is 0.234 e. The Kier molecular flexibility index (Phi) is 8.07. The smallest absolute Gasteiger partial charge is 0.234 e. The number of amides is 1. The second-order valence-corrected chi connectivity index (χ2v) is 5.59. The largest absolute Gasteiger partial charge is 0.352 e. The van der Waals surface area contributed by atoms with Gasteiger partial charge >= 0.3 is 0 Å². The summed E-state index contributed by atoms with van der Waals surface area (Å²) < 4.78 is 0. The van der Waals surface area contributed by atoms with Gasteiger partial charge in [-0.05, 0) is 52.2 Å². The van der Waals surface area contributed by atoms with Gasteiger partial charge in [0.05, 0.1) is 6.54 Å². The zero-order valence-electron chi connectivity index (χ0n) is 12.9. The quantitative estimate of drug-likeness (QED) is 0.706. The van der Waals surface area contributed by atoms with Crippen LogP contribution >= 0.6 is 0 Å². The summed E-state index contributed by atoms with van der Waals surface area (Å²) in [6.45, 7) is 6.95. The minimum absolute atomic E-state index is 0.199. The summed E-state index contributed by atoms with van der Waals surface area (Å²) >= 11 is 0. The highest BCUT2D eigenvalue weighted by atomic mass is 16.2. The van der Waals surface area contributed by atoms with Crippen molar-refractivity contribution in [2.75, 3.05) is 26.7 Å². The molecule has 4 heteroatoms. The van der Waals surface area contributed by atoms with Crippen molar-refractivity contribution >= 4 is 5.91 Å². The number of rotatable bonds is 8. The third-order valence-corrected chi connectivity index (χ3v) is 4.17. The van der Waals surface area contributed by atoms with Crippen LogP contribution in [0.2, 0.25) is 0 Å². The molecule has 1 heterocycles. The molecular formula is C15H31N3O. The predicted octanol–water partition coefficient (Wildman–Crippen LogP) is 1.76. The van der Waals surface area contributed by atoms with Gasteiger partial charge in [0, 0.05) is 12.1 Å². The van der Waals surface area contributed by atoms with Crippen LogP contribution in [0, 0.1) is 0 Å². The topological polar surface area (TPSA) is 44.4 Å². The van der Waals surface area contributed by atoms with Crippen LogP contribution in [0.25, 0.3) is 0 Å². The van der Waals surface area contributed by atoms with Crippen molar-refractivity contribution in [2.45, 2.75) is 64.5 Å². The lowest BCUT2D eigenvalue weighted by Crippen LogP contribution is -2.48. The minimum Gasteiger partial charge on any atom is -0.352 e. The van der Waals surface area contributed by atoms with Crippen molar-refractivity contribution in [2.24, 2.45) is 0 Å². The molecule has 0 bridgehead atoms. The van der Waals surface area contributed by atoms with Gasteiger partial charge in [0.25, 0.3) is 0 Å². The highest BCUT2D eigenvalue weighted by Crippen LogP contribution is 2.18. The molecule has 1 unspecified atom stereocenters. The number of nitrogens with one attached hydrogen (secondary N) is 2. The Labute approximate surface area is 118 Å². The van der Waals surface area contributed by atoms with E-state index < -0.39 is 0 Å². The van der Waals surface area contributed by atoms with E-state index in [0.29, 0.717) is 18.6 Å². The van der Waals surface area contributed by atoms with Crippen molar-refractivity contribution < 1.29 is 4.79 Å². The Morgan fingerprint density at radius 3 is 2.68 bits per heavy atom. The molecular weight excluding hydrogens is 238 g/mol. The van der Waals surface area contributed by atoms with E-state index in [-0.39, 0.29) is 5.91 Å².